The normalized spacial score (nSPS) is 11.6. The molecule has 1 unspecified atom stereocenters. The smallest absolute Gasteiger partial charge is 0.219 e. The van der Waals surface area contributed by atoms with E-state index in [2.05, 4.69) is 19.2 Å². The number of hydrogen-bond acceptors (Lipinski definition) is 6. The summed E-state index contributed by atoms with van der Waals surface area (Å²) in [5, 5.41) is 2.86. The fourth-order valence-corrected chi connectivity index (χ4v) is 1.73. The molecule has 0 aliphatic heterocycles. The van der Waals surface area contributed by atoms with Gasteiger partial charge in [-0.1, -0.05) is 27.2 Å². The monoisotopic (exact) mass is 379 g/mol. The second-order valence-electron chi connectivity index (χ2n) is 5.79. The van der Waals surface area contributed by atoms with Crippen LogP contribution < -0.4 is 5.32 Å². The lowest BCUT2D eigenvalue weighted by atomic mass is 10.3. The second kappa shape index (κ2) is 24.3. The molecule has 0 spiro atoms. The number of carbonyl (C=O) groups excluding carboxylic acids is 1. The average molecular weight is 380 g/mol. The number of rotatable bonds is 17. The minimum Gasteiger partial charge on any atom is -0.382 e. The van der Waals surface area contributed by atoms with Crippen molar-refractivity contribution in [3.8, 4) is 0 Å². The molecule has 0 heterocycles. The van der Waals surface area contributed by atoms with E-state index in [1.54, 1.807) is 14.2 Å². The van der Waals surface area contributed by atoms with Crippen molar-refractivity contribution in [1.29, 1.82) is 0 Å². The Morgan fingerprint density at radius 3 is 2.04 bits per heavy atom. The molecule has 0 aromatic carbocycles. The highest BCUT2D eigenvalue weighted by atomic mass is 16.6. The van der Waals surface area contributed by atoms with Gasteiger partial charge in [-0.05, 0) is 12.8 Å². The lowest BCUT2D eigenvalue weighted by molar-refractivity contribution is -0.121. The Bertz CT molecular complexity index is 279. The molecule has 0 fully saturated rings. The summed E-state index contributed by atoms with van der Waals surface area (Å²) in [6.45, 7) is 10.5. The van der Waals surface area contributed by atoms with Gasteiger partial charge in [0, 0.05) is 33.8 Å². The van der Waals surface area contributed by atoms with Crippen molar-refractivity contribution >= 4 is 5.91 Å². The first-order valence-electron chi connectivity index (χ1n) is 9.67. The van der Waals surface area contributed by atoms with Gasteiger partial charge in [-0.3, -0.25) is 4.79 Å². The van der Waals surface area contributed by atoms with Gasteiger partial charge in [0.05, 0.1) is 39.6 Å². The Hall–Kier alpha value is -0.730. The summed E-state index contributed by atoms with van der Waals surface area (Å²) in [5.41, 5.74) is 0. The van der Waals surface area contributed by atoms with Gasteiger partial charge in [0.15, 0.2) is 0 Å². The quantitative estimate of drug-likeness (QED) is 0.391. The van der Waals surface area contributed by atoms with Crippen LogP contribution >= 0.6 is 0 Å². The van der Waals surface area contributed by atoms with Crippen LogP contribution in [0.5, 0.6) is 0 Å². The highest BCUT2D eigenvalue weighted by Gasteiger charge is 2.10. The third-order valence-electron chi connectivity index (χ3n) is 2.94. The molecule has 7 nitrogen and oxygen atoms in total. The van der Waals surface area contributed by atoms with E-state index in [1.807, 2.05) is 6.92 Å². The lowest BCUT2D eigenvalue weighted by Gasteiger charge is -2.18. The molecule has 1 N–H and O–H groups in total. The van der Waals surface area contributed by atoms with Crippen LogP contribution in [0.25, 0.3) is 0 Å². The summed E-state index contributed by atoms with van der Waals surface area (Å²) in [6.07, 6.45) is 3.35. The molecule has 0 rings (SSSR count). The Kier molecular flexibility index (Phi) is 25.7. The van der Waals surface area contributed by atoms with Gasteiger partial charge in [0.2, 0.25) is 5.91 Å². The average Bonchev–Trinajstić information content (AvgIpc) is 2.62. The molecule has 1 atom stereocenters. The molecule has 26 heavy (non-hydrogen) atoms. The van der Waals surface area contributed by atoms with Gasteiger partial charge >= 0.3 is 0 Å². The van der Waals surface area contributed by atoms with Crippen molar-refractivity contribution in [2.45, 2.75) is 52.6 Å². The Morgan fingerprint density at radius 2 is 1.46 bits per heavy atom. The van der Waals surface area contributed by atoms with Crippen LogP contribution in [0.15, 0.2) is 0 Å². The third kappa shape index (κ3) is 23.3. The van der Waals surface area contributed by atoms with E-state index < -0.39 is 0 Å². The predicted octanol–water partition coefficient (Wildman–Crippen LogP) is 2.42. The molecule has 0 saturated heterocycles. The maximum atomic E-state index is 11.3. The van der Waals surface area contributed by atoms with Crippen molar-refractivity contribution in [3.63, 3.8) is 0 Å². The largest absolute Gasteiger partial charge is 0.382 e. The summed E-state index contributed by atoms with van der Waals surface area (Å²) in [7, 11) is 3.27. The van der Waals surface area contributed by atoms with Crippen molar-refractivity contribution in [3.05, 3.63) is 0 Å². The summed E-state index contributed by atoms with van der Waals surface area (Å²) in [5.74, 6) is 0.0971. The molecule has 0 bridgehead atoms. The first kappa shape index (κ1) is 27.5. The number of nitrogens with one attached hydrogen (secondary N) is 1. The standard InChI is InChI=1S/C16H33NO6.C3H8/c1-4-6-16(18)17-7-5-8-21-13-15(23-12-10-20-3)14-22-11-9-19-2;1-3-2/h15H,4-14H2,1-3H3,(H,17,18);3H2,1-2H3. The van der Waals surface area contributed by atoms with Gasteiger partial charge in [0.1, 0.15) is 6.10 Å². The van der Waals surface area contributed by atoms with Gasteiger partial charge in [-0.15, -0.1) is 0 Å². The van der Waals surface area contributed by atoms with E-state index >= 15 is 0 Å². The van der Waals surface area contributed by atoms with Gasteiger partial charge < -0.3 is 29.0 Å². The maximum Gasteiger partial charge on any atom is 0.219 e. The second-order valence-corrected chi connectivity index (χ2v) is 5.79. The third-order valence-corrected chi connectivity index (χ3v) is 2.94. The molecule has 0 saturated carbocycles. The molecule has 1 amide bonds. The van der Waals surface area contributed by atoms with Gasteiger partial charge in [0.25, 0.3) is 0 Å². The lowest BCUT2D eigenvalue weighted by Crippen LogP contribution is -2.29. The topological polar surface area (TPSA) is 75.3 Å². The molecule has 0 radical (unpaired) electrons. The summed E-state index contributed by atoms with van der Waals surface area (Å²) in [4.78, 5) is 11.3. The minimum atomic E-state index is -0.128. The minimum absolute atomic E-state index is 0.0971. The molecule has 0 aromatic rings. The number of ether oxygens (including phenoxy) is 5. The van der Waals surface area contributed by atoms with Crippen LogP contribution in [0, 0.1) is 0 Å². The van der Waals surface area contributed by atoms with E-state index in [9.17, 15) is 4.79 Å². The van der Waals surface area contributed by atoms with Crippen LogP contribution in [-0.2, 0) is 28.5 Å². The number of carbonyl (C=O) groups is 1. The molecular weight excluding hydrogens is 338 g/mol. The highest BCUT2D eigenvalue weighted by molar-refractivity contribution is 5.75. The SMILES string of the molecule is CCC.CCCC(=O)NCCCOCC(COCCOC)OCCOC. The zero-order valence-electron chi connectivity index (χ0n) is 17.5. The van der Waals surface area contributed by atoms with Crippen LogP contribution in [-0.4, -0.2) is 79.0 Å². The van der Waals surface area contributed by atoms with E-state index in [4.69, 9.17) is 23.7 Å². The fraction of sp³-hybridized carbons (Fsp3) is 0.947. The number of methoxy groups -OCH3 is 2. The predicted molar refractivity (Wildman–Crippen MR) is 104 cm³/mol. The van der Waals surface area contributed by atoms with Crippen molar-refractivity contribution in [1.82, 2.24) is 5.32 Å². The Morgan fingerprint density at radius 1 is 0.885 bits per heavy atom. The van der Waals surface area contributed by atoms with Crippen molar-refractivity contribution < 1.29 is 28.5 Å². The van der Waals surface area contributed by atoms with Crippen LogP contribution in [0.1, 0.15) is 46.5 Å². The number of hydrogen-bond donors (Lipinski definition) is 1. The Labute approximate surface area is 160 Å². The summed E-state index contributed by atoms with van der Waals surface area (Å²) >= 11 is 0. The summed E-state index contributed by atoms with van der Waals surface area (Å²) in [6, 6.07) is 0. The van der Waals surface area contributed by atoms with Crippen LogP contribution in [0.2, 0.25) is 0 Å². The van der Waals surface area contributed by atoms with Gasteiger partial charge in [-0.2, -0.15) is 0 Å². The first-order valence-corrected chi connectivity index (χ1v) is 9.67. The van der Waals surface area contributed by atoms with Crippen LogP contribution in [0.4, 0.5) is 0 Å². The fourth-order valence-electron chi connectivity index (χ4n) is 1.73. The van der Waals surface area contributed by atoms with Gasteiger partial charge in [-0.25, -0.2) is 0 Å². The van der Waals surface area contributed by atoms with Crippen molar-refractivity contribution in [2.24, 2.45) is 0 Å². The van der Waals surface area contributed by atoms with Crippen LogP contribution in [0.3, 0.4) is 0 Å². The van der Waals surface area contributed by atoms with Crippen molar-refractivity contribution in [2.75, 3.05) is 67.0 Å². The van der Waals surface area contributed by atoms with E-state index in [0.717, 1.165) is 12.8 Å². The number of amides is 1. The molecule has 158 valence electrons. The summed E-state index contributed by atoms with van der Waals surface area (Å²) < 4.78 is 26.6. The molecule has 0 aliphatic carbocycles. The van der Waals surface area contributed by atoms with E-state index in [-0.39, 0.29) is 12.0 Å². The zero-order chi connectivity index (χ0) is 19.9. The molecule has 7 heteroatoms. The highest BCUT2D eigenvalue weighted by Crippen LogP contribution is 1.97. The molecule has 0 aliphatic rings. The maximum absolute atomic E-state index is 11.3. The van der Waals surface area contributed by atoms with E-state index in [1.165, 1.54) is 6.42 Å². The zero-order valence-corrected chi connectivity index (χ0v) is 17.5. The first-order chi connectivity index (χ1) is 12.7. The molecular formula is C19H41NO6. The van der Waals surface area contributed by atoms with E-state index in [0.29, 0.717) is 59.2 Å². The molecule has 0 aromatic heterocycles. The Balaban J connectivity index is 0.